The number of hydrogen-bond donors (Lipinski definition) is 0. The van der Waals surface area contributed by atoms with E-state index in [4.69, 9.17) is 4.42 Å². The predicted molar refractivity (Wildman–Crippen MR) is 85.7 cm³/mol. The Balaban J connectivity index is 1.28. The van der Waals surface area contributed by atoms with E-state index in [1.807, 2.05) is 29.4 Å². The first-order valence-corrected chi connectivity index (χ1v) is 8.25. The lowest BCUT2D eigenvalue weighted by molar-refractivity contribution is -0.134. The highest BCUT2D eigenvalue weighted by atomic mass is 16.3. The Morgan fingerprint density at radius 1 is 1.17 bits per heavy atom. The predicted octanol–water partition coefficient (Wildman–Crippen LogP) is 2.12. The standard InChI is InChI=1S/C18H21N3O2/c22-18(16-12-15(16)17-2-1-11-23-17)21-9-7-20(8-10-21)13-14-3-5-19-6-4-14/h1-6,11,15-16H,7-10,12-13H2/t15-,16-/m0/s1. The third-order valence-electron chi connectivity index (χ3n) is 4.86. The zero-order valence-electron chi connectivity index (χ0n) is 13.1. The van der Waals surface area contributed by atoms with Gasteiger partial charge in [0.1, 0.15) is 5.76 Å². The van der Waals surface area contributed by atoms with Crippen molar-refractivity contribution >= 4 is 5.91 Å². The summed E-state index contributed by atoms with van der Waals surface area (Å²) in [7, 11) is 0. The van der Waals surface area contributed by atoms with Crippen molar-refractivity contribution in [3.8, 4) is 0 Å². The fraction of sp³-hybridized carbons (Fsp3) is 0.444. The van der Waals surface area contributed by atoms with E-state index in [1.165, 1.54) is 5.56 Å². The first kappa shape index (κ1) is 14.5. The Hall–Kier alpha value is -2.14. The largest absolute Gasteiger partial charge is 0.469 e. The summed E-state index contributed by atoms with van der Waals surface area (Å²) in [5.74, 6) is 1.69. The molecule has 1 saturated heterocycles. The molecule has 0 aromatic carbocycles. The smallest absolute Gasteiger partial charge is 0.226 e. The second-order valence-electron chi connectivity index (χ2n) is 6.42. The van der Waals surface area contributed by atoms with Gasteiger partial charge in [0.2, 0.25) is 5.91 Å². The monoisotopic (exact) mass is 311 g/mol. The fourth-order valence-electron chi connectivity index (χ4n) is 3.39. The van der Waals surface area contributed by atoms with Crippen molar-refractivity contribution in [1.82, 2.24) is 14.8 Å². The Kier molecular flexibility index (Phi) is 3.87. The molecule has 0 N–H and O–H groups in total. The molecular formula is C18H21N3O2. The maximum absolute atomic E-state index is 12.6. The van der Waals surface area contributed by atoms with Gasteiger partial charge >= 0.3 is 0 Å². The zero-order valence-corrected chi connectivity index (χ0v) is 13.1. The van der Waals surface area contributed by atoms with Gasteiger partial charge in [0.15, 0.2) is 0 Å². The third kappa shape index (κ3) is 3.15. The maximum Gasteiger partial charge on any atom is 0.226 e. The van der Waals surface area contributed by atoms with E-state index in [0.29, 0.717) is 11.8 Å². The van der Waals surface area contributed by atoms with Crippen LogP contribution in [-0.2, 0) is 11.3 Å². The summed E-state index contributed by atoms with van der Waals surface area (Å²) in [4.78, 5) is 21.1. The SMILES string of the molecule is O=C([C@H]1C[C@@H]1c1ccco1)N1CCN(Cc2ccncc2)CC1. The minimum atomic E-state index is 0.132. The number of carbonyl (C=O) groups excluding carboxylic acids is 1. The van der Waals surface area contributed by atoms with Gasteiger partial charge in [-0.05, 0) is 36.2 Å². The Labute approximate surface area is 135 Å². The van der Waals surface area contributed by atoms with Gasteiger partial charge in [-0.15, -0.1) is 0 Å². The summed E-state index contributed by atoms with van der Waals surface area (Å²) in [6, 6.07) is 7.98. The van der Waals surface area contributed by atoms with Crippen LogP contribution in [0, 0.1) is 5.92 Å². The minimum Gasteiger partial charge on any atom is -0.469 e. The normalized spacial score (nSPS) is 24.6. The van der Waals surface area contributed by atoms with E-state index >= 15 is 0 Å². The van der Waals surface area contributed by atoms with Gasteiger partial charge in [-0.1, -0.05) is 0 Å². The maximum atomic E-state index is 12.6. The van der Waals surface area contributed by atoms with E-state index < -0.39 is 0 Å². The lowest BCUT2D eigenvalue weighted by atomic mass is 10.2. The molecule has 2 atom stereocenters. The molecule has 0 bridgehead atoms. The molecule has 120 valence electrons. The summed E-state index contributed by atoms with van der Waals surface area (Å²) < 4.78 is 5.42. The molecule has 1 saturated carbocycles. The number of rotatable bonds is 4. The lowest BCUT2D eigenvalue weighted by Gasteiger charge is -2.35. The summed E-state index contributed by atoms with van der Waals surface area (Å²) in [5, 5.41) is 0. The molecule has 2 aromatic heterocycles. The van der Waals surface area contributed by atoms with Gasteiger partial charge in [0.25, 0.3) is 0 Å². The molecule has 3 heterocycles. The van der Waals surface area contributed by atoms with Crippen molar-refractivity contribution in [3.63, 3.8) is 0 Å². The average Bonchev–Trinajstić information content (AvgIpc) is 3.21. The highest BCUT2D eigenvalue weighted by Crippen LogP contribution is 2.48. The summed E-state index contributed by atoms with van der Waals surface area (Å²) >= 11 is 0. The zero-order chi connectivity index (χ0) is 15.6. The molecule has 2 aliphatic rings. The van der Waals surface area contributed by atoms with Gasteiger partial charge < -0.3 is 9.32 Å². The molecule has 4 rings (SSSR count). The van der Waals surface area contributed by atoms with Crippen molar-refractivity contribution in [2.24, 2.45) is 5.92 Å². The molecule has 0 spiro atoms. The molecule has 0 unspecified atom stereocenters. The molecule has 0 radical (unpaired) electrons. The second-order valence-corrected chi connectivity index (χ2v) is 6.42. The molecule has 5 heteroatoms. The van der Waals surface area contributed by atoms with Crippen LogP contribution in [0.4, 0.5) is 0 Å². The van der Waals surface area contributed by atoms with Crippen LogP contribution in [0.5, 0.6) is 0 Å². The lowest BCUT2D eigenvalue weighted by Crippen LogP contribution is -2.48. The molecule has 5 nitrogen and oxygen atoms in total. The Bertz CT molecular complexity index is 648. The highest BCUT2D eigenvalue weighted by molar-refractivity contribution is 5.83. The van der Waals surface area contributed by atoms with Crippen LogP contribution in [-0.4, -0.2) is 46.9 Å². The number of carbonyl (C=O) groups is 1. The van der Waals surface area contributed by atoms with Gasteiger partial charge in [0.05, 0.1) is 6.26 Å². The number of piperazine rings is 1. The van der Waals surface area contributed by atoms with Crippen molar-refractivity contribution in [3.05, 3.63) is 54.2 Å². The van der Waals surface area contributed by atoms with Crippen LogP contribution in [0.2, 0.25) is 0 Å². The van der Waals surface area contributed by atoms with E-state index in [9.17, 15) is 4.79 Å². The Morgan fingerprint density at radius 2 is 1.96 bits per heavy atom. The van der Waals surface area contributed by atoms with Crippen LogP contribution in [0.3, 0.4) is 0 Å². The quantitative estimate of drug-likeness (QED) is 0.868. The molecule has 1 aliphatic heterocycles. The van der Waals surface area contributed by atoms with Crippen LogP contribution in [0.1, 0.15) is 23.7 Å². The van der Waals surface area contributed by atoms with Crippen molar-refractivity contribution in [1.29, 1.82) is 0 Å². The van der Waals surface area contributed by atoms with Crippen molar-refractivity contribution in [2.75, 3.05) is 26.2 Å². The number of amides is 1. The summed E-state index contributed by atoms with van der Waals surface area (Å²) in [5.41, 5.74) is 1.28. The molecule has 2 fully saturated rings. The van der Waals surface area contributed by atoms with E-state index in [1.54, 1.807) is 6.26 Å². The minimum absolute atomic E-state index is 0.132. The van der Waals surface area contributed by atoms with Crippen LogP contribution in [0.15, 0.2) is 47.3 Å². The van der Waals surface area contributed by atoms with Crippen molar-refractivity contribution in [2.45, 2.75) is 18.9 Å². The van der Waals surface area contributed by atoms with E-state index in [2.05, 4.69) is 22.0 Å². The van der Waals surface area contributed by atoms with Crippen LogP contribution in [0.25, 0.3) is 0 Å². The average molecular weight is 311 g/mol. The molecule has 1 aliphatic carbocycles. The van der Waals surface area contributed by atoms with E-state index in [-0.39, 0.29) is 5.92 Å². The molecular weight excluding hydrogens is 290 g/mol. The highest BCUT2D eigenvalue weighted by Gasteiger charge is 2.47. The number of pyridine rings is 1. The van der Waals surface area contributed by atoms with Crippen LogP contribution >= 0.6 is 0 Å². The Morgan fingerprint density at radius 3 is 2.65 bits per heavy atom. The van der Waals surface area contributed by atoms with Gasteiger partial charge in [-0.2, -0.15) is 0 Å². The number of hydrogen-bond acceptors (Lipinski definition) is 4. The fourth-order valence-corrected chi connectivity index (χ4v) is 3.39. The topological polar surface area (TPSA) is 49.6 Å². The molecule has 23 heavy (non-hydrogen) atoms. The molecule has 1 amide bonds. The van der Waals surface area contributed by atoms with Crippen molar-refractivity contribution < 1.29 is 9.21 Å². The van der Waals surface area contributed by atoms with Gasteiger partial charge in [-0.25, -0.2) is 0 Å². The first-order chi connectivity index (χ1) is 11.3. The number of nitrogens with zero attached hydrogens (tertiary/aromatic N) is 3. The number of furan rings is 1. The van der Waals surface area contributed by atoms with Crippen LogP contribution < -0.4 is 0 Å². The summed E-state index contributed by atoms with van der Waals surface area (Å²) in [6.45, 7) is 4.46. The van der Waals surface area contributed by atoms with Gasteiger partial charge in [-0.3, -0.25) is 14.7 Å². The first-order valence-electron chi connectivity index (χ1n) is 8.25. The van der Waals surface area contributed by atoms with E-state index in [0.717, 1.165) is 44.9 Å². The van der Waals surface area contributed by atoms with Gasteiger partial charge in [0, 0.05) is 57.0 Å². The number of aromatic nitrogens is 1. The third-order valence-corrected chi connectivity index (χ3v) is 4.86. The molecule has 2 aromatic rings. The summed E-state index contributed by atoms with van der Waals surface area (Å²) in [6.07, 6.45) is 6.28. The second kappa shape index (κ2) is 6.16.